The molecular formula is C24H18N4O2S. The highest BCUT2D eigenvalue weighted by Gasteiger charge is 2.14. The monoisotopic (exact) mass is 426 g/mol. The van der Waals surface area contributed by atoms with Crippen LogP contribution in [-0.2, 0) is 5.75 Å². The van der Waals surface area contributed by atoms with Crippen molar-refractivity contribution in [2.75, 3.05) is 13.2 Å². The minimum absolute atomic E-state index is 0.584. The second-order valence-electron chi connectivity index (χ2n) is 7.26. The van der Waals surface area contributed by atoms with Gasteiger partial charge in [-0.2, -0.15) is 9.50 Å². The van der Waals surface area contributed by atoms with Gasteiger partial charge in [-0.3, -0.25) is 0 Å². The van der Waals surface area contributed by atoms with Crippen LogP contribution in [0.3, 0.4) is 0 Å². The zero-order valence-corrected chi connectivity index (χ0v) is 17.4. The average Bonchev–Trinajstić information content (AvgIpc) is 3.25. The number of thioether (sulfide) groups is 1. The molecule has 0 saturated heterocycles. The standard InChI is InChI=1S/C24H18N4O2S/c1-2-4-18-14-19(7-6-17(18)3-1)20-9-10-25-23-26-24(27-28(20)23)31-15-16-5-8-21-22(13-16)30-12-11-29-21/h1-10,13-14H,11-12,15H2. The number of rotatable bonds is 4. The van der Waals surface area contributed by atoms with Crippen LogP contribution < -0.4 is 9.47 Å². The molecule has 0 atom stereocenters. The van der Waals surface area contributed by atoms with E-state index in [9.17, 15) is 0 Å². The molecule has 31 heavy (non-hydrogen) atoms. The van der Waals surface area contributed by atoms with Crippen molar-refractivity contribution in [3.05, 3.63) is 78.5 Å². The molecule has 0 bridgehead atoms. The first-order valence-corrected chi connectivity index (χ1v) is 11.0. The molecule has 2 aromatic heterocycles. The molecule has 6 rings (SSSR count). The summed E-state index contributed by atoms with van der Waals surface area (Å²) >= 11 is 1.58. The van der Waals surface area contributed by atoms with E-state index in [4.69, 9.17) is 14.6 Å². The van der Waals surface area contributed by atoms with Crippen LogP contribution in [0.2, 0.25) is 0 Å². The molecule has 5 aromatic rings. The summed E-state index contributed by atoms with van der Waals surface area (Å²) in [6.07, 6.45) is 1.78. The van der Waals surface area contributed by atoms with Crippen molar-refractivity contribution in [1.82, 2.24) is 19.6 Å². The minimum atomic E-state index is 0.584. The Kier molecular flexibility index (Phi) is 4.46. The summed E-state index contributed by atoms with van der Waals surface area (Å²) in [7, 11) is 0. The number of hydrogen-bond donors (Lipinski definition) is 0. The van der Waals surface area contributed by atoms with E-state index in [1.54, 1.807) is 18.0 Å². The van der Waals surface area contributed by atoms with E-state index in [0.717, 1.165) is 34.1 Å². The smallest absolute Gasteiger partial charge is 0.253 e. The van der Waals surface area contributed by atoms with Gasteiger partial charge in [0.2, 0.25) is 5.16 Å². The van der Waals surface area contributed by atoms with Gasteiger partial charge in [0.1, 0.15) is 13.2 Å². The van der Waals surface area contributed by atoms with Crippen molar-refractivity contribution in [3.63, 3.8) is 0 Å². The molecule has 0 unspecified atom stereocenters. The first-order valence-electron chi connectivity index (χ1n) is 10.1. The summed E-state index contributed by atoms with van der Waals surface area (Å²) in [6.45, 7) is 1.18. The van der Waals surface area contributed by atoms with Crippen LogP contribution in [0.1, 0.15) is 5.56 Å². The van der Waals surface area contributed by atoms with Crippen LogP contribution in [0.25, 0.3) is 27.8 Å². The lowest BCUT2D eigenvalue weighted by Crippen LogP contribution is -2.15. The third-order valence-corrected chi connectivity index (χ3v) is 6.15. The zero-order chi connectivity index (χ0) is 20.6. The molecule has 3 aromatic carbocycles. The van der Waals surface area contributed by atoms with Crippen LogP contribution >= 0.6 is 11.8 Å². The Morgan fingerprint density at radius 2 is 1.74 bits per heavy atom. The van der Waals surface area contributed by atoms with Crippen molar-refractivity contribution in [2.24, 2.45) is 0 Å². The van der Waals surface area contributed by atoms with E-state index < -0.39 is 0 Å². The number of nitrogens with zero attached hydrogens (tertiary/aromatic N) is 4. The highest BCUT2D eigenvalue weighted by atomic mass is 32.2. The van der Waals surface area contributed by atoms with Crippen LogP contribution in [-0.4, -0.2) is 32.8 Å². The number of ether oxygens (including phenoxy) is 2. The van der Waals surface area contributed by atoms with Gasteiger partial charge in [0.15, 0.2) is 11.5 Å². The lowest BCUT2D eigenvalue weighted by molar-refractivity contribution is 0.171. The second kappa shape index (κ2) is 7.59. The van der Waals surface area contributed by atoms with Gasteiger partial charge in [0, 0.05) is 17.5 Å². The Morgan fingerprint density at radius 3 is 2.68 bits per heavy atom. The van der Waals surface area contributed by atoms with Gasteiger partial charge in [-0.25, -0.2) is 4.98 Å². The molecule has 152 valence electrons. The first kappa shape index (κ1) is 18.2. The maximum Gasteiger partial charge on any atom is 0.253 e. The Morgan fingerprint density at radius 1 is 0.871 bits per heavy atom. The fourth-order valence-electron chi connectivity index (χ4n) is 3.73. The Hall–Kier alpha value is -3.58. The highest BCUT2D eigenvalue weighted by molar-refractivity contribution is 7.98. The van der Waals surface area contributed by atoms with Crippen molar-refractivity contribution in [1.29, 1.82) is 0 Å². The van der Waals surface area contributed by atoms with Crippen LogP contribution in [0.15, 0.2) is 78.1 Å². The third kappa shape index (κ3) is 3.47. The molecule has 0 N–H and O–H groups in total. The molecule has 0 radical (unpaired) electrons. The number of fused-ring (bicyclic) bond motifs is 3. The lowest BCUT2D eigenvalue weighted by atomic mass is 10.1. The van der Waals surface area contributed by atoms with E-state index in [2.05, 4.69) is 58.5 Å². The lowest BCUT2D eigenvalue weighted by Gasteiger charge is -2.18. The summed E-state index contributed by atoms with van der Waals surface area (Å²) in [5.41, 5.74) is 3.18. The third-order valence-electron chi connectivity index (χ3n) is 5.24. The molecule has 3 heterocycles. The van der Waals surface area contributed by atoms with E-state index in [-0.39, 0.29) is 0 Å². The predicted octanol–water partition coefficient (Wildman–Crippen LogP) is 5.01. The van der Waals surface area contributed by atoms with E-state index in [1.807, 2.05) is 22.7 Å². The summed E-state index contributed by atoms with van der Waals surface area (Å²) in [5.74, 6) is 2.93. The molecule has 0 aliphatic carbocycles. The molecule has 0 fully saturated rings. The summed E-state index contributed by atoms with van der Waals surface area (Å²) in [5, 5.41) is 7.82. The van der Waals surface area contributed by atoms with Crippen molar-refractivity contribution < 1.29 is 9.47 Å². The molecule has 0 spiro atoms. The summed E-state index contributed by atoms with van der Waals surface area (Å²) in [6, 6.07) is 22.8. The summed E-state index contributed by atoms with van der Waals surface area (Å²) in [4.78, 5) is 9.01. The number of aromatic nitrogens is 4. The minimum Gasteiger partial charge on any atom is -0.486 e. The van der Waals surface area contributed by atoms with Gasteiger partial charge in [0.05, 0.1) is 5.69 Å². The number of benzene rings is 3. The molecule has 7 heteroatoms. The van der Waals surface area contributed by atoms with E-state index in [1.165, 1.54) is 10.8 Å². The Labute approximate surface area is 182 Å². The van der Waals surface area contributed by atoms with Crippen LogP contribution in [0.4, 0.5) is 0 Å². The van der Waals surface area contributed by atoms with Gasteiger partial charge < -0.3 is 9.47 Å². The first-order chi connectivity index (χ1) is 15.3. The van der Waals surface area contributed by atoms with Gasteiger partial charge in [0.25, 0.3) is 5.78 Å². The normalized spacial score (nSPS) is 13.0. The predicted molar refractivity (Wildman–Crippen MR) is 121 cm³/mol. The summed E-state index contributed by atoms with van der Waals surface area (Å²) < 4.78 is 13.1. The fourth-order valence-corrected chi connectivity index (χ4v) is 4.49. The SMILES string of the molecule is c1ccc2cc(-c3ccnc4nc(SCc5ccc6c(c5)OCCO6)nn34)ccc2c1. The Bertz CT molecular complexity index is 1420. The maximum atomic E-state index is 5.68. The molecule has 6 nitrogen and oxygen atoms in total. The molecule has 1 aliphatic rings. The average molecular weight is 427 g/mol. The number of hydrogen-bond acceptors (Lipinski definition) is 6. The van der Waals surface area contributed by atoms with Crippen molar-refractivity contribution in [3.8, 4) is 22.8 Å². The molecular weight excluding hydrogens is 408 g/mol. The van der Waals surface area contributed by atoms with Gasteiger partial charge in [-0.05, 0) is 40.6 Å². The van der Waals surface area contributed by atoms with Crippen LogP contribution in [0, 0.1) is 0 Å². The maximum absolute atomic E-state index is 5.68. The molecule has 0 amide bonds. The quantitative estimate of drug-likeness (QED) is 0.377. The zero-order valence-electron chi connectivity index (χ0n) is 16.6. The second-order valence-corrected chi connectivity index (χ2v) is 8.21. The highest BCUT2D eigenvalue weighted by Crippen LogP contribution is 2.33. The van der Waals surface area contributed by atoms with Crippen molar-refractivity contribution in [2.45, 2.75) is 10.9 Å². The van der Waals surface area contributed by atoms with Crippen molar-refractivity contribution >= 4 is 28.3 Å². The largest absolute Gasteiger partial charge is 0.486 e. The topological polar surface area (TPSA) is 61.5 Å². The van der Waals surface area contributed by atoms with Gasteiger partial charge in [-0.15, -0.1) is 5.10 Å². The van der Waals surface area contributed by atoms with Crippen LogP contribution in [0.5, 0.6) is 11.5 Å². The van der Waals surface area contributed by atoms with E-state index in [0.29, 0.717) is 24.1 Å². The van der Waals surface area contributed by atoms with Gasteiger partial charge >= 0.3 is 0 Å². The van der Waals surface area contributed by atoms with E-state index >= 15 is 0 Å². The molecule has 0 saturated carbocycles. The molecule has 1 aliphatic heterocycles. The fraction of sp³-hybridized carbons (Fsp3) is 0.125. The van der Waals surface area contributed by atoms with Gasteiger partial charge in [-0.1, -0.05) is 54.2 Å². The Balaban J connectivity index is 1.29.